The lowest BCUT2D eigenvalue weighted by atomic mass is 9.84. The van der Waals surface area contributed by atoms with Gasteiger partial charge < -0.3 is 4.90 Å². The van der Waals surface area contributed by atoms with Crippen molar-refractivity contribution in [3.05, 3.63) is 0 Å². The van der Waals surface area contributed by atoms with Crippen molar-refractivity contribution in [3.8, 4) is 6.07 Å². The Balaban J connectivity index is 1.71. The molecule has 2 fully saturated rings. The van der Waals surface area contributed by atoms with E-state index in [1.165, 1.54) is 38.8 Å². The predicted molar refractivity (Wildman–Crippen MR) is 69.6 cm³/mol. The first kappa shape index (κ1) is 12.9. The van der Waals surface area contributed by atoms with Crippen LogP contribution in [-0.2, 0) is 0 Å². The lowest BCUT2D eigenvalue weighted by Crippen LogP contribution is -2.42. The number of nitriles is 1. The summed E-state index contributed by atoms with van der Waals surface area (Å²) in [4.78, 5) is 2.53. The molecule has 17 heavy (non-hydrogen) atoms. The highest BCUT2D eigenvalue weighted by Crippen LogP contribution is 2.28. The van der Waals surface area contributed by atoms with Gasteiger partial charge in [-0.1, -0.05) is 13.8 Å². The third kappa shape index (κ3) is 4.29. The summed E-state index contributed by atoms with van der Waals surface area (Å²) in [6, 6.07) is 3.09. The van der Waals surface area contributed by atoms with Crippen molar-refractivity contribution in [1.82, 2.24) is 10.2 Å². The number of nitrogens with zero attached hydrogens (tertiary/aromatic N) is 2. The van der Waals surface area contributed by atoms with Crippen molar-refractivity contribution in [2.75, 3.05) is 19.6 Å². The minimum absolute atomic E-state index is 0.0625. The third-order valence-corrected chi connectivity index (χ3v) is 3.88. The molecule has 3 nitrogen and oxygen atoms in total. The van der Waals surface area contributed by atoms with Crippen LogP contribution in [0.5, 0.6) is 0 Å². The fraction of sp³-hybridized carbons (Fsp3) is 0.929. The van der Waals surface area contributed by atoms with Crippen LogP contribution < -0.4 is 5.32 Å². The van der Waals surface area contributed by atoms with Gasteiger partial charge in [0, 0.05) is 19.1 Å². The van der Waals surface area contributed by atoms with Gasteiger partial charge in [-0.3, -0.25) is 5.32 Å². The highest BCUT2D eigenvalue weighted by Gasteiger charge is 2.28. The van der Waals surface area contributed by atoms with Gasteiger partial charge >= 0.3 is 0 Å². The van der Waals surface area contributed by atoms with E-state index in [0.29, 0.717) is 11.5 Å². The predicted octanol–water partition coefficient (Wildman–Crippen LogP) is 2.14. The Hall–Kier alpha value is -0.590. The lowest BCUT2D eigenvalue weighted by molar-refractivity contribution is 0.115. The van der Waals surface area contributed by atoms with Gasteiger partial charge in [0.15, 0.2) is 0 Å². The molecule has 1 atom stereocenters. The molecule has 1 unspecified atom stereocenters. The maximum absolute atomic E-state index is 9.10. The summed E-state index contributed by atoms with van der Waals surface area (Å²) in [6.07, 6.45) is 6.14. The van der Waals surface area contributed by atoms with Gasteiger partial charge in [0.2, 0.25) is 0 Å². The molecule has 1 N–H and O–H groups in total. The number of likely N-dealkylation sites (tertiary alicyclic amines) is 1. The van der Waals surface area contributed by atoms with Crippen LogP contribution in [-0.4, -0.2) is 36.6 Å². The van der Waals surface area contributed by atoms with Crippen LogP contribution in [0.25, 0.3) is 0 Å². The molecule has 3 heteroatoms. The average Bonchev–Trinajstić information content (AvgIpc) is 3.06. The molecule has 1 heterocycles. The van der Waals surface area contributed by atoms with Gasteiger partial charge in [-0.2, -0.15) is 5.26 Å². The Bertz CT molecular complexity index is 288. The maximum atomic E-state index is 9.10. The zero-order valence-corrected chi connectivity index (χ0v) is 11.2. The van der Waals surface area contributed by atoms with E-state index in [9.17, 15) is 0 Å². The smallest absolute Gasteiger partial charge is 0.0967 e. The largest absolute Gasteiger partial charge is 0.303 e. The summed E-state index contributed by atoms with van der Waals surface area (Å²) in [5.41, 5.74) is 0.463. The van der Waals surface area contributed by atoms with Crippen LogP contribution in [0.2, 0.25) is 0 Å². The molecule has 1 saturated carbocycles. The molecule has 0 amide bonds. The summed E-state index contributed by atoms with van der Waals surface area (Å²) < 4.78 is 0. The zero-order valence-electron chi connectivity index (χ0n) is 11.2. The Kier molecular flexibility index (Phi) is 4.06. The molecule has 1 aliphatic heterocycles. The fourth-order valence-corrected chi connectivity index (χ4v) is 2.77. The van der Waals surface area contributed by atoms with Crippen molar-refractivity contribution >= 4 is 0 Å². The van der Waals surface area contributed by atoms with E-state index in [2.05, 4.69) is 30.1 Å². The van der Waals surface area contributed by atoms with E-state index in [-0.39, 0.29) is 6.04 Å². The van der Waals surface area contributed by atoms with Crippen molar-refractivity contribution in [2.24, 2.45) is 5.41 Å². The van der Waals surface area contributed by atoms with Gasteiger partial charge in [-0.15, -0.1) is 0 Å². The molecule has 1 aliphatic carbocycles. The van der Waals surface area contributed by atoms with Gasteiger partial charge in [0.25, 0.3) is 0 Å². The highest BCUT2D eigenvalue weighted by atomic mass is 15.1. The number of hydrogen-bond acceptors (Lipinski definition) is 3. The van der Waals surface area contributed by atoms with Crippen LogP contribution in [0.3, 0.4) is 0 Å². The van der Waals surface area contributed by atoms with Crippen LogP contribution in [0.1, 0.15) is 46.0 Å². The number of hydrogen-bond donors (Lipinski definition) is 1. The van der Waals surface area contributed by atoms with Crippen molar-refractivity contribution < 1.29 is 0 Å². The SMILES string of the molecule is CC1(C)CCCN(CCC(C#N)NC2CC2)C1. The van der Waals surface area contributed by atoms with Gasteiger partial charge in [0.05, 0.1) is 12.1 Å². The minimum atomic E-state index is 0.0625. The molecule has 2 rings (SSSR count). The summed E-state index contributed by atoms with van der Waals surface area (Å²) in [7, 11) is 0. The number of rotatable bonds is 5. The quantitative estimate of drug-likeness (QED) is 0.793. The first-order chi connectivity index (χ1) is 8.09. The van der Waals surface area contributed by atoms with E-state index in [0.717, 1.165) is 13.0 Å². The molecular weight excluding hydrogens is 210 g/mol. The standard InChI is InChI=1S/C14H25N3/c1-14(2)7-3-8-17(11-14)9-6-13(10-15)16-12-4-5-12/h12-13,16H,3-9,11H2,1-2H3. The topological polar surface area (TPSA) is 39.1 Å². The van der Waals surface area contributed by atoms with E-state index in [4.69, 9.17) is 5.26 Å². The van der Waals surface area contributed by atoms with E-state index in [1.807, 2.05) is 0 Å². The molecule has 0 radical (unpaired) electrons. The normalized spacial score (nSPS) is 26.4. The number of piperidine rings is 1. The van der Waals surface area contributed by atoms with Gasteiger partial charge in [-0.25, -0.2) is 0 Å². The molecule has 0 aromatic heterocycles. The summed E-state index contributed by atoms with van der Waals surface area (Å²) in [6.45, 7) is 8.17. The highest BCUT2D eigenvalue weighted by molar-refractivity contribution is 4.96. The van der Waals surface area contributed by atoms with E-state index < -0.39 is 0 Å². The third-order valence-electron chi connectivity index (χ3n) is 3.88. The summed E-state index contributed by atoms with van der Waals surface area (Å²) in [5, 5.41) is 12.5. The molecule has 0 spiro atoms. The van der Waals surface area contributed by atoms with Crippen molar-refractivity contribution in [1.29, 1.82) is 5.26 Å². The Labute approximate surface area is 105 Å². The molecule has 0 aromatic carbocycles. The monoisotopic (exact) mass is 235 g/mol. The van der Waals surface area contributed by atoms with Crippen LogP contribution in [0, 0.1) is 16.7 Å². The average molecular weight is 235 g/mol. The number of nitrogens with one attached hydrogen (secondary N) is 1. The lowest BCUT2D eigenvalue weighted by Gasteiger charge is -2.38. The van der Waals surface area contributed by atoms with Crippen LogP contribution in [0.4, 0.5) is 0 Å². The van der Waals surface area contributed by atoms with Crippen LogP contribution in [0.15, 0.2) is 0 Å². The Morgan fingerprint density at radius 2 is 2.24 bits per heavy atom. The minimum Gasteiger partial charge on any atom is -0.303 e. The second kappa shape index (κ2) is 5.37. The molecule has 0 bridgehead atoms. The Morgan fingerprint density at radius 1 is 1.47 bits per heavy atom. The molecule has 0 aromatic rings. The van der Waals surface area contributed by atoms with Crippen molar-refractivity contribution in [2.45, 2.75) is 58.0 Å². The Morgan fingerprint density at radius 3 is 2.82 bits per heavy atom. The molecular formula is C14H25N3. The second-order valence-corrected chi connectivity index (χ2v) is 6.46. The van der Waals surface area contributed by atoms with E-state index >= 15 is 0 Å². The second-order valence-electron chi connectivity index (χ2n) is 6.46. The molecule has 96 valence electrons. The maximum Gasteiger partial charge on any atom is 0.0967 e. The first-order valence-corrected chi connectivity index (χ1v) is 6.97. The van der Waals surface area contributed by atoms with Gasteiger partial charge in [-0.05, 0) is 44.1 Å². The van der Waals surface area contributed by atoms with E-state index in [1.54, 1.807) is 0 Å². The van der Waals surface area contributed by atoms with Crippen LogP contribution >= 0.6 is 0 Å². The summed E-state index contributed by atoms with van der Waals surface area (Å²) in [5.74, 6) is 0. The molecule has 2 aliphatic rings. The van der Waals surface area contributed by atoms with Gasteiger partial charge in [0.1, 0.15) is 0 Å². The zero-order chi connectivity index (χ0) is 12.3. The van der Waals surface area contributed by atoms with Crippen molar-refractivity contribution in [3.63, 3.8) is 0 Å². The molecule has 1 saturated heterocycles. The fourth-order valence-electron chi connectivity index (χ4n) is 2.77. The summed E-state index contributed by atoms with van der Waals surface area (Å²) >= 11 is 0. The first-order valence-electron chi connectivity index (χ1n) is 6.97.